The molecule has 0 amide bonds. The van der Waals surface area contributed by atoms with Gasteiger partial charge in [0.2, 0.25) is 10.0 Å². The van der Waals surface area contributed by atoms with Crippen LogP contribution in [0.5, 0.6) is 0 Å². The highest BCUT2D eigenvalue weighted by Crippen LogP contribution is 2.24. The molecule has 3 heterocycles. The Morgan fingerprint density at radius 2 is 1.81 bits per heavy atom. The molecule has 0 aromatic carbocycles. The van der Waals surface area contributed by atoms with Crippen molar-refractivity contribution in [1.82, 2.24) is 24.2 Å². The van der Waals surface area contributed by atoms with Crippen molar-refractivity contribution in [3.05, 3.63) is 40.5 Å². The van der Waals surface area contributed by atoms with Crippen molar-refractivity contribution in [3.63, 3.8) is 0 Å². The normalized spacial score (nSPS) is 16.8. The summed E-state index contributed by atoms with van der Waals surface area (Å²) in [5.74, 6) is 1.46. The van der Waals surface area contributed by atoms with E-state index in [9.17, 15) is 8.42 Å². The topological polar surface area (TPSA) is 91.8 Å². The highest BCUT2D eigenvalue weighted by atomic mass is 79.9. The smallest absolute Gasteiger partial charge is 0.244 e. The average Bonchev–Trinajstić information content (AvgIpc) is 2.78. The third kappa shape index (κ3) is 6.02. The minimum absolute atomic E-state index is 0.268. The fourth-order valence-electron chi connectivity index (χ4n) is 3.73. The van der Waals surface area contributed by atoms with Crippen molar-refractivity contribution in [1.29, 1.82) is 0 Å². The van der Waals surface area contributed by atoms with Gasteiger partial charge in [-0.3, -0.25) is 4.90 Å². The van der Waals surface area contributed by atoms with Crippen LogP contribution in [-0.4, -0.2) is 92.1 Å². The van der Waals surface area contributed by atoms with E-state index in [1.165, 1.54) is 6.20 Å². The Kier molecular flexibility index (Phi) is 8.56. The average molecular weight is 527 g/mol. The standard InChI is InChI=1S/C21H31BrN6O3S/c1-16-11-21(26(3)6-5-20-23-12-18(22)13-24-20)25-14-19(16)32(29,30)28-9-7-27(8-10-28)17(2)15-31-4/h11-14,17H,5-10,15H2,1-4H3. The molecule has 0 saturated carbocycles. The van der Waals surface area contributed by atoms with Crippen LogP contribution in [0.15, 0.2) is 34.0 Å². The van der Waals surface area contributed by atoms with Gasteiger partial charge in [0.15, 0.2) is 0 Å². The number of halogens is 1. The molecule has 0 aliphatic carbocycles. The predicted molar refractivity (Wildman–Crippen MR) is 127 cm³/mol. The van der Waals surface area contributed by atoms with E-state index >= 15 is 0 Å². The monoisotopic (exact) mass is 526 g/mol. The first kappa shape index (κ1) is 25.0. The molecule has 0 bridgehead atoms. The summed E-state index contributed by atoms with van der Waals surface area (Å²) in [6.07, 6.45) is 5.59. The molecule has 1 aliphatic heterocycles. The van der Waals surface area contributed by atoms with Crippen LogP contribution < -0.4 is 4.90 Å². The lowest BCUT2D eigenvalue weighted by Gasteiger charge is -2.37. The molecule has 176 valence electrons. The molecule has 0 radical (unpaired) electrons. The fraction of sp³-hybridized carbons (Fsp3) is 0.571. The van der Waals surface area contributed by atoms with E-state index in [0.29, 0.717) is 51.3 Å². The molecule has 1 saturated heterocycles. The van der Waals surface area contributed by atoms with Gasteiger partial charge in [0.05, 0.1) is 11.1 Å². The number of likely N-dealkylation sites (N-methyl/N-ethyl adjacent to an activating group) is 1. The Bertz CT molecular complexity index is 997. The summed E-state index contributed by atoms with van der Waals surface area (Å²) in [7, 11) is 0.0230. The lowest BCUT2D eigenvalue weighted by molar-refractivity contribution is 0.0766. The lowest BCUT2D eigenvalue weighted by Crippen LogP contribution is -2.52. The van der Waals surface area contributed by atoms with Gasteiger partial charge < -0.3 is 9.64 Å². The number of ether oxygens (including phenoxy) is 1. The van der Waals surface area contributed by atoms with Crippen molar-refractivity contribution >= 4 is 31.8 Å². The molecule has 2 aromatic rings. The van der Waals surface area contributed by atoms with Crippen LogP contribution in [0.3, 0.4) is 0 Å². The van der Waals surface area contributed by atoms with Crippen molar-refractivity contribution in [2.45, 2.75) is 31.2 Å². The van der Waals surface area contributed by atoms with Crippen LogP contribution in [-0.2, 0) is 21.2 Å². The summed E-state index contributed by atoms with van der Waals surface area (Å²) in [5, 5.41) is 0. The third-order valence-electron chi connectivity index (χ3n) is 5.71. The van der Waals surface area contributed by atoms with Gasteiger partial charge in [0.1, 0.15) is 16.5 Å². The number of methoxy groups -OCH3 is 1. The van der Waals surface area contributed by atoms with E-state index < -0.39 is 10.0 Å². The van der Waals surface area contributed by atoms with Gasteiger partial charge in [-0.1, -0.05) is 0 Å². The summed E-state index contributed by atoms with van der Waals surface area (Å²) < 4.78 is 34.1. The predicted octanol–water partition coefficient (Wildman–Crippen LogP) is 1.96. The minimum Gasteiger partial charge on any atom is -0.383 e. The van der Waals surface area contributed by atoms with Crippen LogP contribution in [0.2, 0.25) is 0 Å². The van der Waals surface area contributed by atoms with E-state index in [1.54, 1.807) is 23.8 Å². The Morgan fingerprint density at radius 3 is 2.41 bits per heavy atom. The maximum Gasteiger partial charge on any atom is 0.244 e. The van der Waals surface area contributed by atoms with E-state index in [0.717, 1.165) is 16.1 Å². The second kappa shape index (κ2) is 11.0. The summed E-state index contributed by atoms with van der Waals surface area (Å²) in [6.45, 7) is 7.53. The molecule has 0 spiro atoms. The molecule has 2 aromatic heterocycles. The number of sulfonamides is 1. The van der Waals surface area contributed by atoms with Gasteiger partial charge >= 0.3 is 0 Å². The quantitative estimate of drug-likeness (QED) is 0.489. The van der Waals surface area contributed by atoms with Gasteiger partial charge in [0, 0.05) is 77.9 Å². The van der Waals surface area contributed by atoms with Gasteiger partial charge in [-0.15, -0.1) is 0 Å². The van der Waals surface area contributed by atoms with Crippen LogP contribution in [0, 0.1) is 6.92 Å². The largest absolute Gasteiger partial charge is 0.383 e. The van der Waals surface area contributed by atoms with E-state index in [-0.39, 0.29) is 10.9 Å². The molecule has 9 nitrogen and oxygen atoms in total. The van der Waals surface area contributed by atoms with Crippen molar-refractivity contribution in [3.8, 4) is 0 Å². The number of anilines is 1. The summed E-state index contributed by atoms with van der Waals surface area (Å²) in [6, 6.07) is 2.09. The van der Waals surface area contributed by atoms with Crippen LogP contribution in [0.4, 0.5) is 5.82 Å². The first-order chi connectivity index (χ1) is 15.2. The number of pyridine rings is 1. The molecule has 1 fully saturated rings. The number of hydrogen-bond donors (Lipinski definition) is 0. The molecule has 1 aliphatic rings. The minimum atomic E-state index is -3.59. The Hall–Kier alpha value is -1.66. The number of rotatable bonds is 9. The number of aryl methyl sites for hydroxylation is 1. The van der Waals surface area contributed by atoms with Gasteiger partial charge in [-0.05, 0) is 41.4 Å². The van der Waals surface area contributed by atoms with E-state index in [2.05, 4.69) is 42.7 Å². The van der Waals surface area contributed by atoms with Gasteiger partial charge in [-0.25, -0.2) is 23.4 Å². The van der Waals surface area contributed by atoms with E-state index in [1.807, 2.05) is 24.9 Å². The molecule has 0 N–H and O–H groups in total. The zero-order chi connectivity index (χ0) is 23.3. The molecular weight excluding hydrogens is 496 g/mol. The van der Waals surface area contributed by atoms with Crippen LogP contribution in [0.1, 0.15) is 18.3 Å². The highest BCUT2D eigenvalue weighted by molar-refractivity contribution is 9.10. The number of piperazine rings is 1. The van der Waals surface area contributed by atoms with Gasteiger partial charge in [-0.2, -0.15) is 4.31 Å². The number of hydrogen-bond acceptors (Lipinski definition) is 8. The maximum atomic E-state index is 13.2. The SMILES string of the molecule is COCC(C)N1CCN(S(=O)(=O)c2cnc(N(C)CCc3ncc(Br)cn3)cc2C)CC1. The first-order valence-corrected chi connectivity index (χ1v) is 12.8. The molecular formula is C21H31BrN6O3S. The number of aromatic nitrogens is 3. The van der Waals surface area contributed by atoms with Crippen LogP contribution in [0.25, 0.3) is 0 Å². The Balaban J connectivity index is 1.64. The molecule has 1 atom stereocenters. The van der Waals surface area contributed by atoms with Crippen molar-refractivity contribution < 1.29 is 13.2 Å². The van der Waals surface area contributed by atoms with E-state index in [4.69, 9.17) is 4.74 Å². The second-order valence-electron chi connectivity index (χ2n) is 8.04. The Labute approximate surface area is 199 Å². The number of nitrogens with zero attached hydrogens (tertiary/aromatic N) is 6. The first-order valence-electron chi connectivity index (χ1n) is 10.6. The molecule has 3 rings (SSSR count). The van der Waals surface area contributed by atoms with Crippen molar-refractivity contribution in [2.75, 3.05) is 58.4 Å². The second-order valence-corrected chi connectivity index (χ2v) is 10.9. The van der Waals surface area contributed by atoms with Crippen molar-refractivity contribution in [2.24, 2.45) is 0 Å². The summed E-state index contributed by atoms with van der Waals surface area (Å²) in [5.41, 5.74) is 0.692. The molecule has 1 unspecified atom stereocenters. The zero-order valence-corrected chi connectivity index (χ0v) is 21.4. The Morgan fingerprint density at radius 1 is 1.16 bits per heavy atom. The zero-order valence-electron chi connectivity index (χ0n) is 19.0. The third-order valence-corrected chi connectivity index (χ3v) is 8.14. The fourth-order valence-corrected chi connectivity index (χ4v) is 5.51. The lowest BCUT2D eigenvalue weighted by atomic mass is 10.2. The summed E-state index contributed by atoms with van der Waals surface area (Å²) >= 11 is 3.33. The van der Waals surface area contributed by atoms with Gasteiger partial charge in [0.25, 0.3) is 0 Å². The molecule has 32 heavy (non-hydrogen) atoms. The molecule has 11 heteroatoms. The highest BCUT2D eigenvalue weighted by Gasteiger charge is 2.31. The van der Waals surface area contributed by atoms with Crippen LogP contribution >= 0.6 is 15.9 Å². The maximum absolute atomic E-state index is 13.2. The summed E-state index contributed by atoms with van der Waals surface area (Å²) in [4.78, 5) is 17.5.